The van der Waals surface area contributed by atoms with E-state index in [0.29, 0.717) is 16.6 Å². The van der Waals surface area contributed by atoms with E-state index in [1.165, 1.54) is 11.8 Å². The van der Waals surface area contributed by atoms with Gasteiger partial charge in [-0.3, -0.25) is 0 Å². The highest BCUT2D eigenvalue weighted by molar-refractivity contribution is 7.99. The molecule has 0 fully saturated rings. The summed E-state index contributed by atoms with van der Waals surface area (Å²) in [6, 6.07) is 7.65. The maximum Gasteiger partial charge on any atom is 0.225 e. The third-order valence-electron chi connectivity index (χ3n) is 2.52. The summed E-state index contributed by atoms with van der Waals surface area (Å²) in [6.45, 7) is 0. The molecule has 3 aromatic rings. The lowest BCUT2D eigenvalue weighted by molar-refractivity contribution is 1.08. The number of hydrogen-bond acceptors (Lipinski definition) is 5. The monoisotopic (exact) mass is 291 g/mol. The Kier molecular flexibility index (Phi) is 3.27. The largest absolute Gasteiger partial charge is 0.357 e. The lowest BCUT2D eigenvalue weighted by atomic mass is 10.4. The van der Waals surface area contributed by atoms with Crippen LogP contribution < -0.4 is 5.32 Å². The number of halogens is 1. The van der Waals surface area contributed by atoms with Gasteiger partial charge in [-0.25, -0.2) is 9.97 Å². The molecule has 7 heteroatoms. The molecule has 19 heavy (non-hydrogen) atoms. The number of nitrogens with zero attached hydrogens (tertiary/aromatic N) is 3. The van der Waals surface area contributed by atoms with Crippen molar-refractivity contribution in [2.45, 2.75) is 9.92 Å². The third-order valence-corrected chi connectivity index (χ3v) is 4.03. The van der Waals surface area contributed by atoms with Crippen molar-refractivity contribution >= 4 is 40.5 Å². The molecule has 1 aromatic carbocycles. The van der Waals surface area contributed by atoms with E-state index >= 15 is 0 Å². The molecule has 0 unspecified atom stereocenters. The highest BCUT2D eigenvalue weighted by atomic mass is 35.5. The summed E-state index contributed by atoms with van der Waals surface area (Å²) in [5.41, 5.74) is 1.44. The number of anilines is 1. The molecule has 0 saturated heterocycles. The van der Waals surface area contributed by atoms with Crippen LogP contribution in [0, 0.1) is 0 Å². The Morgan fingerprint density at radius 2 is 2.11 bits per heavy atom. The molecule has 0 spiro atoms. The van der Waals surface area contributed by atoms with Gasteiger partial charge in [-0.05, 0) is 12.1 Å². The molecule has 0 atom stereocenters. The van der Waals surface area contributed by atoms with E-state index in [-0.39, 0.29) is 0 Å². The van der Waals surface area contributed by atoms with Crippen LogP contribution >= 0.6 is 23.4 Å². The molecule has 2 heterocycles. The van der Waals surface area contributed by atoms with Gasteiger partial charge in [0.05, 0.1) is 11.3 Å². The van der Waals surface area contributed by atoms with Gasteiger partial charge in [-0.2, -0.15) is 4.98 Å². The molecular formula is C12H10ClN5S. The standard InChI is InChI=1S/C12H10ClN5S/c1-14-12-17-10-9(15-6-16-10)11(18-12)19-8-5-3-2-4-7(8)13/h2-6H,1H3,(H2,14,15,16,17,18). The van der Waals surface area contributed by atoms with Crippen molar-refractivity contribution in [3.63, 3.8) is 0 Å². The second kappa shape index (κ2) is 5.07. The van der Waals surface area contributed by atoms with E-state index in [1.54, 1.807) is 13.4 Å². The van der Waals surface area contributed by atoms with E-state index in [0.717, 1.165) is 15.4 Å². The SMILES string of the molecule is CNc1nc(Sc2ccccc2Cl)c2[nH]cnc2n1. The van der Waals surface area contributed by atoms with Gasteiger partial charge in [0.15, 0.2) is 5.65 Å². The van der Waals surface area contributed by atoms with Crippen LogP contribution in [0.3, 0.4) is 0 Å². The molecule has 0 radical (unpaired) electrons. The normalized spacial score (nSPS) is 10.8. The van der Waals surface area contributed by atoms with Crippen molar-refractivity contribution in [3.05, 3.63) is 35.6 Å². The summed E-state index contributed by atoms with van der Waals surface area (Å²) in [7, 11) is 1.78. The number of benzene rings is 1. The Labute approximate surface area is 118 Å². The van der Waals surface area contributed by atoms with Crippen LogP contribution in [0.25, 0.3) is 11.2 Å². The van der Waals surface area contributed by atoms with Crippen molar-refractivity contribution in [2.75, 3.05) is 12.4 Å². The van der Waals surface area contributed by atoms with Gasteiger partial charge in [-0.15, -0.1) is 0 Å². The average Bonchev–Trinajstić information content (AvgIpc) is 2.89. The molecule has 5 nitrogen and oxygen atoms in total. The molecule has 0 saturated carbocycles. The highest BCUT2D eigenvalue weighted by Crippen LogP contribution is 2.34. The minimum atomic E-state index is 0.536. The second-order valence-corrected chi connectivity index (χ2v) is 5.17. The van der Waals surface area contributed by atoms with Crippen LogP contribution in [0.1, 0.15) is 0 Å². The number of aromatic nitrogens is 4. The Morgan fingerprint density at radius 1 is 1.26 bits per heavy atom. The fraction of sp³-hybridized carbons (Fsp3) is 0.0833. The van der Waals surface area contributed by atoms with Gasteiger partial charge in [-0.1, -0.05) is 35.5 Å². The second-order valence-electron chi connectivity index (χ2n) is 3.74. The minimum Gasteiger partial charge on any atom is -0.357 e. The summed E-state index contributed by atoms with van der Waals surface area (Å²) in [5, 5.41) is 4.42. The average molecular weight is 292 g/mol. The lowest BCUT2D eigenvalue weighted by Crippen LogP contribution is -1.98. The maximum absolute atomic E-state index is 6.17. The van der Waals surface area contributed by atoms with Crippen molar-refractivity contribution < 1.29 is 0 Å². The molecule has 0 aliphatic heterocycles. The number of fused-ring (bicyclic) bond motifs is 1. The number of hydrogen-bond donors (Lipinski definition) is 2. The maximum atomic E-state index is 6.17. The first kappa shape index (κ1) is 12.3. The zero-order valence-electron chi connectivity index (χ0n) is 10.0. The quantitative estimate of drug-likeness (QED) is 0.725. The van der Waals surface area contributed by atoms with Crippen LogP contribution in [-0.2, 0) is 0 Å². The fourth-order valence-electron chi connectivity index (χ4n) is 1.62. The summed E-state index contributed by atoms with van der Waals surface area (Å²) >= 11 is 7.65. The van der Waals surface area contributed by atoms with Crippen molar-refractivity contribution in [1.29, 1.82) is 0 Å². The molecule has 96 valence electrons. The molecular weight excluding hydrogens is 282 g/mol. The first-order chi connectivity index (χ1) is 9.28. The predicted octanol–water partition coefficient (Wildman–Crippen LogP) is 3.20. The highest BCUT2D eigenvalue weighted by Gasteiger charge is 2.12. The Hall–Kier alpha value is -1.79. The van der Waals surface area contributed by atoms with Gasteiger partial charge in [0, 0.05) is 11.9 Å². The van der Waals surface area contributed by atoms with E-state index in [2.05, 4.69) is 25.3 Å². The first-order valence-corrected chi connectivity index (χ1v) is 6.78. The molecule has 0 aliphatic carbocycles. The van der Waals surface area contributed by atoms with Gasteiger partial charge < -0.3 is 10.3 Å². The van der Waals surface area contributed by atoms with Crippen LogP contribution in [0.15, 0.2) is 40.5 Å². The van der Waals surface area contributed by atoms with Crippen molar-refractivity contribution in [1.82, 2.24) is 19.9 Å². The number of rotatable bonds is 3. The van der Waals surface area contributed by atoms with E-state index < -0.39 is 0 Å². The molecule has 0 aliphatic rings. The first-order valence-electron chi connectivity index (χ1n) is 5.59. The van der Waals surface area contributed by atoms with Crippen LogP contribution in [-0.4, -0.2) is 27.0 Å². The van der Waals surface area contributed by atoms with Gasteiger partial charge in [0.25, 0.3) is 0 Å². The molecule has 3 rings (SSSR count). The smallest absolute Gasteiger partial charge is 0.225 e. The zero-order valence-corrected chi connectivity index (χ0v) is 11.6. The van der Waals surface area contributed by atoms with Crippen LogP contribution in [0.2, 0.25) is 5.02 Å². The minimum absolute atomic E-state index is 0.536. The lowest BCUT2D eigenvalue weighted by Gasteiger charge is -2.05. The van der Waals surface area contributed by atoms with Crippen LogP contribution in [0.5, 0.6) is 0 Å². The predicted molar refractivity (Wildman–Crippen MR) is 76.8 cm³/mol. The van der Waals surface area contributed by atoms with E-state index in [1.807, 2.05) is 24.3 Å². The topological polar surface area (TPSA) is 66.5 Å². The van der Waals surface area contributed by atoms with E-state index in [4.69, 9.17) is 11.6 Å². The molecule has 2 N–H and O–H groups in total. The number of aromatic amines is 1. The van der Waals surface area contributed by atoms with Gasteiger partial charge in [0.1, 0.15) is 10.5 Å². The third kappa shape index (κ3) is 2.36. The Balaban J connectivity index is 2.09. The number of nitrogens with one attached hydrogen (secondary N) is 2. The zero-order chi connectivity index (χ0) is 13.2. The summed E-state index contributed by atoms with van der Waals surface area (Å²) in [6.07, 6.45) is 1.61. The van der Waals surface area contributed by atoms with Crippen LogP contribution in [0.4, 0.5) is 5.95 Å². The summed E-state index contributed by atoms with van der Waals surface area (Å²) in [4.78, 5) is 16.9. The van der Waals surface area contributed by atoms with E-state index in [9.17, 15) is 0 Å². The van der Waals surface area contributed by atoms with Crippen molar-refractivity contribution in [2.24, 2.45) is 0 Å². The van der Waals surface area contributed by atoms with Gasteiger partial charge in [0.2, 0.25) is 5.95 Å². The summed E-state index contributed by atoms with van der Waals surface area (Å²) < 4.78 is 0. The Bertz CT molecular complexity index is 727. The molecule has 0 bridgehead atoms. The number of imidazole rings is 1. The fourth-order valence-corrected chi connectivity index (χ4v) is 2.78. The Morgan fingerprint density at radius 3 is 2.89 bits per heavy atom. The van der Waals surface area contributed by atoms with Gasteiger partial charge >= 0.3 is 0 Å². The van der Waals surface area contributed by atoms with Crippen molar-refractivity contribution in [3.8, 4) is 0 Å². The molecule has 2 aromatic heterocycles. The number of H-pyrrole nitrogens is 1. The molecule has 0 amide bonds. The summed E-state index contributed by atoms with van der Waals surface area (Å²) in [5.74, 6) is 0.536.